The van der Waals surface area contributed by atoms with Crippen molar-refractivity contribution in [3.8, 4) is 5.75 Å². The quantitative estimate of drug-likeness (QED) is 0.687. The molecule has 0 saturated carbocycles. The van der Waals surface area contributed by atoms with Crippen LogP contribution in [0.4, 0.5) is 14.5 Å². The Morgan fingerprint density at radius 2 is 2.05 bits per heavy atom. The molecule has 0 aliphatic rings. The van der Waals surface area contributed by atoms with Gasteiger partial charge in [0.25, 0.3) is 0 Å². The lowest BCUT2D eigenvalue weighted by Gasteiger charge is -2.17. The number of halogens is 2. The number of hydrogen-bond donors (Lipinski definition) is 2. The number of alkyl halides is 2. The minimum absolute atomic E-state index is 0.00605. The summed E-state index contributed by atoms with van der Waals surface area (Å²) in [6, 6.07) is 5.67. The highest BCUT2D eigenvalue weighted by atomic mass is 19.3. The van der Waals surface area contributed by atoms with Gasteiger partial charge in [0, 0.05) is 20.3 Å². The highest BCUT2D eigenvalue weighted by molar-refractivity contribution is 5.84. The highest BCUT2D eigenvalue weighted by Gasteiger charge is 2.15. The van der Waals surface area contributed by atoms with Crippen molar-refractivity contribution < 1.29 is 23.0 Å². The van der Waals surface area contributed by atoms with Gasteiger partial charge in [0.1, 0.15) is 11.8 Å². The summed E-state index contributed by atoms with van der Waals surface area (Å²) in [4.78, 5) is 11.8. The van der Waals surface area contributed by atoms with Gasteiger partial charge in [-0.2, -0.15) is 8.78 Å². The standard InChI is InChI=1S/C14H20F2N2O3/c1-10(13(19)17-8-5-9-20-2)18-11-6-3-4-7-12(11)21-14(15)16/h3-4,6-7,10,14,18H,5,8-9H2,1-2H3,(H,17,19). The fraction of sp³-hybridized carbons (Fsp3) is 0.500. The van der Waals surface area contributed by atoms with E-state index >= 15 is 0 Å². The van der Waals surface area contributed by atoms with Gasteiger partial charge in [-0.3, -0.25) is 4.79 Å². The van der Waals surface area contributed by atoms with Crippen LogP contribution in [0.1, 0.15) is 13.3 Å². The number of rotatable bonds is 9. The molecule has 1 aromatic carbocycles. The van der Waals surface area contributed by atoms with E-state index < -0.39 is 12.7 Å². The van der Waals surface area contributed by atoms with Crippen LogP contribution in [0, 0.1) is 0 Å². The molecule has 0 heterocycles. The number of carbonyl (C=O) groups is 1. The maximum absolute atomic E-state index is 12.3. The lowest BCUT2D eigenvalue weighted by molar-refractivity contribution is -0.121. The van der Waals surface area contributed by atoms with Gasteiger partial charge in [-0.05, 0) is 25.5 Å². The Hall–Kier alpha value is -1.89. The molecule has 0 aliphatic carbocycles. The van der Waals surface area contributed by atoms with Crippen LogP contribution < -0.4 is 15.4 Å². The lowest BCUT2D eigenvalue weighted by atomic mass is 10.2. The summed E-state index contributed by atoms with van der Waals surface area (Å²) in [5.74, 6) is -0.218. The number of methoxy groups -OCH3 is 1. The topological polar surface area (TPSA) is 59.6 Å². The molecule has 5 nitrogen and oxygen atoms in total. The van der Waals surface area contributed by atoms with Crippen molar-refractivity contribution in [3.63, 3.8) is 0 Å². The molecule has 0 saturated heterocycles. The summed E-state index contributed by atoms with van der Waals surface area (Å²) < 4.78 is 33.9. The van der Waals surface area contributed by atoms with Crippen LogP contribution in [0.2, 0.25) is 0 Å². The van der Waals surface area contributed by atoms with Crippen molar-refractivity contribution in [1.29, 1.82) is 0 Å². The summed E-state index contributed by atoms with van der Waals surface area (Å²) in [6.45, 7) is -0.211. The molecule has 0 fully saturated rings. The molecule has 1 atom stereocenters. The van der Waals surface area contributed by atoms with Gasteiger partial charge in [-0.15, -0.1) is 0 Å². The summed E-state index contributed by atoms with van der Waals surface area (Å²) in [6.07, 6.45) is 0.708. The van der Waals surface area contributed by atoms with Crippen molar-refractivity contribution in [2.45, 2.75) is 26.0 Å². The van der Waals surface area contributed by atoms with Crippen molar-refractivity contribution in [2.75, 3.05) is 25.6 Å². The van der Waals surface area contributed by atoms with Crippen molar-refractivity contribution >= 4 is 11.6 Å². The molecule has 1 unspecified atom stereocenters. The second-order valence-electron chi connectivity index (χ2n) is 4.38. The van der Waals surface area contributed by atoms with E-state index in [1.807, 2.05) is 0 Å². The van der Waals surface area contributed by atoms with Crippen molar-refractivity contribution in [2.24, 2.45) is 0 Å². The number of anilines is 1. The summed E-state index contributed by atoms with van der Waals surface area (Å²) in [5.41, 5.74) is 0.345. The molecule has 21 heavy (non-hydrogen) atoms. The number of para-hydroxylation sites is 2. The van der Waals surface area contributed by atoms with E-state index in [0.29, 0.717) is 25.3 Å². The Morgan fingerprint density at radius 1 is 1.33 bits per heavy atom. The first-order chi connectivity index (χ1) is 10.0. The van der Waals surface area contributed by atoms with Gasteiger partial charge in [-0.25, -0.2) is 0 Å². The molecule has 7 heteroatoms. The van der Waals surface area contributed by atoms with Crippen LogP contribution in [0.3, 0.4) is 0 Å². The average molecular weight is 302 g/mol. The predicted octanol–water partition coefficient (Wildman–Crippen LogP) is 2.24. The summed E-state index contributed by atoms with van der Waals surface area (Å²) >= 11 is 0. The molecule has 0 aliphatic heterocycles. The molecule has 1 amide bonds. The fourth-order valence-electron chi connectivity index (χ4n) is 1.66. The van der Waals surface area contributed by atoms with Gasteiger partial charge in [-0.1, -0.05) is 12.1 Å². The van der Waals surface area contributed by atoms with Crippen LogP contribution in [0.15, 0.2) is 24.3 Å². The first-order valence-corrected chi connectivity index (χ1v) is 6.61. The zero-order valence-electron chi connectivity index (χ0n) is 12.1. The van der Waals surface area contributed by atoms with Crippen LogP contribution in [0.25, 0.3) is 0 Å². The van der Waals surface area contributed by atoms with Gasteiger partial charge in [0.05, 0.1) is 5.69 Å². The molecular formula is C14H20F2N2O3. The van der Waals surface area contributed by atoms with Crippen molar-refractivity contribution in [3.05, 3.63) is 24.3 Å². The maximum Gasteiger partial charge on any atom is 0.387 e. The fourth-order valence-corrected chi connectivity index (χ4v) is 1.66. The van der Waals surface area contributed by atoms with E-state index in [4.69, 9.17) is 4.74 Å². The Balaban J connectivity index is 2.53. The molecule has 1 rings (SSSR count). The SMILES string of the molecule is COCCCNC(=O)C(C)Nc1ccccc1OC(F)F. The van der Waals surface area contributed by atoms with Crippen molar-refractivity contribution in [1.82, 2.24) is 5.32 Å². The highest BCUT2D eigenvalue weighted by Crippen LogP contribution is 2.26. The second-order valence-corrected chi connectivity index (χ2v) is 4.38. The third-order valence-corrected chi connectivity index (χ3v) is 2.69. The Morgan fingerprint density at radius 3 is 2.71 bits per heavy atom. The minimum Gasteiger partial charge on any atom is -0.433 e. The molecule has 0 radical (unpaired) electrons. The van der Waals surface area contributed by atoms with Gasteiger partial charge in [0.2, 0.25) is 5.91 Å². The molecular weight excluding hydrogens is 282 g/mol. The number of amides is 1. The van der Waals surface area contributed by atoms with Crippen LogP contribution >= 0.6 is 0 Å². The number of nitrogens with one attached hydrogen (secondary N) is 2. The van der Waals surface area contributed by atoms with E-state index in [2.05, 4.69) is 15.4 Å². The second kappa shape index (κ2) is 9.12. The normalized spacial score (nSPS) is 12.0. The maximum atomic E-state index is 12.3. The molecule has 1 aromatic rings. The van der Waals surface area contributed by atoms with Crippen LogP contribution in [-0.2, 0) is 9.53 Å². The van der Waals surface area contributed by atoms with E-state index in [1.165, 1.54) is 6.07 Å². The molecule has 2 N–H and O–H groups in total. The van der Waals surface area contributed by atoms with Crippen LogP contribution in [0.5, 0.6) is 5.75 Å². The zero-order chi connectivity index (χ0) is 15.7. The average Bonchev–Trinajstić information content (AvgIpc) is 2.45. The molecule has 0 spiro atoms. The number of ether oxygens (including phenoxy) is 2. The largest absolute Gasteiger partial charge is 0.433 e. The lowest BCUT2D eigenvalue weighted by Crippen LogP contribution is -2.38. The minimum atomic E-state index is -2.91. The Kier molecular flexibility index (Phi) is 7.45. The third-order valence-electron chi connectivity index (χ3n) is 2.69. The number of hydrogen-bond acceptors (Lipinski definition) is 4. The third kappa shape index (κ3) is 6.40. The van der Waals surface area contributed by atoms with E-state index in [9.17, 15) is 13.6 Å². The van der Waals surface area contributed by atoms with Gasteiger partial charge in [0.15, 0.2) is 0 Å². The number of carbonyl (C=O) groups excluding carboxylic acids is 1. The van der Waals surface area contributed by atoms with Crippen LogP contribution in [-0.4, -0.2) is 38.8 Å². The predicted molar refractivity (Wildman–Crippen MR) is 75.7 cm³/mol. The molecule has 0 bridgehead atoms. The monoisotopic (exact) mass is 302 g/mol. The Labute approximate surface area is 122 Å². The first-order valence-electron chi connectivity index (χ1n) is 6.61. The summed E-state index contributed by atoms with van der Waals surface area (Å²) in [7, 11) is 1.59. The smallest absolute Gasteiger partial charge is 0.387 e. The van der Waals surface area contributed by atoms with Gasteiger partial charge >= 0.3 is 6.61 Å². The van der Waals surface area contributed by atoms with E-state index in [-0.39, 0.29) is 11.7 Å². The molecule has 0 aromatic heterocycles. The van der Waals surface area contributed by atoms with E-state index in [0.717, 1.165) is 0 Å². The number of benzene rings is 1. The van der Waals surface area contributed by atoms with E-state index in [1.54, 1.807) is 32.2 Å². The van der Waals surface area contributed by atoms with Gasteiger partial charge < -0.3 is 20.1 Å². The Bertz CT molecular complexity index is 444. The summed E-state index contributed by atoms with van der Waals surface area (Å²) in [5, 5.41) is 5.58. The zero-order valence-corrected chi connectivity index (χ0v) is 12.1. The first kappa shape index (κ1) is 17.2. The molecule has 118 valence electrons.